The zero-order valence-corrected chi connectivity index (χ0v) is 16.7. The summed E-state index contributed by atoms with van der Waals surface area (Å²) in [6.45, 7) is 2.91. The minimum Gasteiger partial charge on any atom is -0.468 e. The fourth-order valence-electron chi connectivity index (χ4n) is 2.40. The summed E-state index contributed by atoms with van der Waals surface area (Å²) in [5.74, 6) is -1.11. The Bertz CT molecular complexity index is 924. The van der Waals surface area contributed by atoms with E-state index in [9.17, 15) is 27.9 Å². The van der Waals surface area contributed by atoms with E-state index in [0.717, 1.165) is 0 Å². The molecule has 0 fully saturated rings. The molecule has 10 heteroatoms. The molecule has 2 aromatic heterocycles. The van der Waals surface area contributed by atoms with Gasteiger partial charge in [-0.3, -0.25) is 14.6 Å². The van der Waals surface area contributed by atoms with Gasteiger partial charge in [-0.2, -0.15) is 13.2 Å². The molecule has 2 rings (SSSR count). The van der Waals surface area contributed by atoms with Gasteiger partial charge in [0.15, 0.2) is 12.4 Å². The first-order valence-electron chi connectivity index (χ1n) is 9.00. The molecule has 2 N–H and O–H groups in total. The van der Waals surface area contributed by atoms with E-state index in [-0.39, 0.29) is 24.4 Å². The summed E-state index contributed by atoms with van der Waals surface area (Å²) in [4.78, 5) is 32.6. The molecule has 30 heavy (non-hydrogen) atoms. The third-order valence-corrected chi connectivity index (χ3v) is 3.89. The minimum absolute atomic E-state index is 0.0403. The van der Waals surface area contributed by atoms with Gasteiger partial charge in [0, 0.05) is 23.0 Å². The van der Waals surface area contributed by atoms with Gasteiger partial charge in [0.05, 0.1) is 18.7 Å². The number of alkyl halides is 3. The Morgan fingerprint density at radius 2 is 1.83 bits per heavy atom. The summed E-state index contributed by atoms with van der Waals surface area (Å²) < 4.78 is 41.3. The fraction of sp³-hybridized carbons (Fsp3) is 0.400. The smallest absolute Gasteiger partial charge is 0.422 e. The predicted octanol–water partition coefficient (Wildman–Crippen LogP) is 2.54. The number of nitrogens with one attached hydrogen (secondary N) is 1. The number of nitrogens with zero attached hydrogens (tertiary/aromatic N) is 2. The molecule has 7 nitrogen and oxygen atoms in total. The number of hydrogen-bond donors (Lipinski definition) is 2. The van der Waals surface area contributed by atoms with Crippen LogP contribution in [0.3, 0.4) is 0 Å². The summed E-state index contributed by atoms with van der Waals surface area (Å²) in [5, 5.41) is 12.4. The lowest BCUT2D eigenvalue weighted by atomic mass is 9.98. The Morgan fingerprint density at radius 3 is 2.47 bits per heavy atom. The second kappa shape index (κ2) is 9.21. The van der Waals surface area contributed by atoms with Crippen LogP contribution in [0.4, 0.5) is 13.2 Å². The van der Waals surface area contributed by atoms with Gasteiger partial charge in [0.2, 0.25) is 5.88 Å². The first-order valence-corrected chi connectivity index (χ1v) is 9.00. The topological polar surface area (TPSA) is 101 Å². The van der Waals surface area contributed by atoms with Crippen LogP contribution in [-0.4, -0.2) is 45.1 Å². The van der Waals surface area contributed by atoms with E-state index in [1.165, 1.54) is 44.2 Å². The molecule has 1 amide bonds. The maximum atomic E-state index is 12.5. The summed E-state index contributed by atoms with van der Waals surface area (Å²) >= 11 is 0. The number of amides is 1. The number of ketones is 1. The molecular formula is C20H22F3N3O4. The van der Waals surface area contributed by atoms with E-state index >= 15 is 0 Å². The second-order valence-electron chi connectivity index (χ2n) is 7.20. The van der Waals surface area contributed by atoms with Crippen LogP contribution in [-0.2, 0) is 17.8 Å². The van der Waals surface area contributed by atoms with Crippen molar-refractivity contribution in [3.63, 3.8) is 0 Å². The summed E-state index contributed by atoms with van der Waals surface area (Å²) in [6, 6.07) is 7.27. The maximum absolute atomic E-state index is 12.5. The van der Waals surface area contributed by atoms with E-state index in [0.29, 0.717) is 17.1 Å². The molecule has 0 aromatic carbocycles. The van der Waals surface area contributed by atoms with E-state index in [1.54, 1.807) is 6.92 Å². The Balaban J connectivity index is 2.04. The lowest BCUT2D eigenvalue weighted by Crippen LogP contribution is -2.33. The molecule has 0 aliphatic carbocycles. The van der Waals surface area contributed by atoms with Gasteiger partial charge in [-0.1, -0.05) is 6.07 Å². The van der Waals surface area contributed by atoms with Crippen LogP contribution in [0.2, 0.25) is 0 Å². The Hall–Kier alpha value is -3.01. The molecule has 0 unspecified atom stereocenters. The number of carbonyl (C=O) groups excluding carboxylic acids is 2. The minimum atomic E-state index is -4.48. The highest BCUT2D eigenvalue weighted by molar-refractivity contribution is 5.95. The normalized spacial score (nSPS) is 11.8. The van der Waals surface area contributed by atoms with Crippen molar-refractivity contribution < 1.29 is 32.6 Å². The van der Waals surface area contributed by atoms with Crippen LogP contribution < -0.4 is 10.1 Å². The molecule has 0 saturated heterocycles. The zero-order valence-electron chi connectivity index (χ0n) is 16.7. The summed E-state index contributed by atoms with van der Waals surface area (Å²) in [6.07, 6.45) is -4.61. The van der Waals surface area contributed by atoms with E-state index in [4.69, 9.17) is 0 Å². The van der Waals surface area contributed by atoms with Crippen molar-refractivity contribution in [1.82, 2.24) is 15.3 Å². The molecule has 0 radical (unpaired) electrons. The molecule has 2 heterocycles. The van der Waals surface area contributed by atoms with Gasteiger partial charge in [0.1, 0.15) is 5.60 Å². The molecular weight excluding hydrogens is 403 g/mol. The highest BCUT2D eigenvalue weighted by Gasteiger charge is 2.28. The van der Waals surface area contributed by atoms with Gasteiger partial charge in [0.25, 0.3) is 5.91 Å². The average Bonchev–Trinajstić information content (AvgIpc) is 2.63. The maximum Gasteiger partial charge on any atom is 0.422 e. The molecule has 0 saturated carbocycles. The second-order valence-corrected chi connectivity index (χ2v) is 7.20. The Kier molecular flexibility index (Phi) is 7.14. The molecule has 162 valence electrons. The average molecular weight is 425 g/mol. The first kappa shape index (κ1) is 23.3. The first-order chi connectivity index (χ1) is 13.8. The molecule has 0 bridgehead atoms. The number of rotatable bonds is 8. The third kappa shape index (κ3) is 7.43. The number of ether oxygens (including phenoxy) is 1. The SMILES string of the molecule is Cc1cc(C(=O)NCc2cccc(OCC(F)(F)F)n2)cc(CC(=O)C(C)(C)O)n1. The number of halogens is 3. The van der Waals surface area contributed by atoms with Crippen LogP contribution in [0.15, 0.2) is 30.3 Å². The Morgan fingerprint density at radius 1 is 1.13 bits per heavy atom. The van der Waals surface area contributed by atoms with Crippen molar-refractivity contribution in [2.75, 3.05) is 6.61 Å². The van der Waals surface area contributed by atoms with Crippen LogP contribution >= 0.6 is 0 Å². The van der Waals surface area contributed by atoms with Gasteiger partial charge >= 0.3 is 6.18 Å². The standard InChI is InChI=1S/C20H22F3N3O4/c1-12-7-13(8-15(25-12)9-16(27)19(2,3)29)18(28)24-10-14-5-4-6-17(26-14)30-11-20(21,22)23/h4-8,29H,9-11H2,1-3H3,(H,24,28). The van der Waals surface area contributed by atoms with E-state index < -0.39 is 30.1 Å². The van der Waals surface area contributed by atoms with Crippen molar-refractivity contribution in [3.05, 3.63) is 53.0 Å². The molecule has 0 aliphatic rings. The molecule has 2 aromatic rings. The molecule has 0 spiro atoms. The van der Waals surface area contributed by atoms with Crippen molar-refractivity contribution in [1.29, 1.82) is 0 Å². The van der Waals surface area contributed by atoms with Crippen LogP contribution in [0.1, 0.15) is 41.3 Å². The molecule has 0 aliphatic heterocycles. The number of aliphatic hydroxyl groups is 1. The highest BCUT2D eigenvalue weighted by atomic mass is 19.4. The highest BCUT2D eigenvalue weighted by Crippen LogP contribution is 2.17. The van der Waals surface area contributed by atoms with Crippen molar-refractivity contribution >= 4 is 11.7 Å². The number of Topliss-reactive ketones (excluding diaryl/α,β-unsaturated/α-hetero) is 1. The van der Waals surface area contributed by atoms with Crippen LogP contribution in [0.5, 0.6) is 5.88 Å². The van der Waals surface area contributed by atoms with Gasteiger partial charge in [-0.05, 0) is 39.0 Å². The predicted molar refractivity (Wildman–Crippen MR) is 101 cm³/mol. The van der Waals surface area contributed by atoms with Gasteiger partial charge in [-0.25, -0.2) is 4.98 Å². The van der Waals surface area contributed by atoms with Crippen molar-refractivity contribution in [3.8, 4) is 5.88 Å². The fourth-order valence-corrected chi connectivity index (χ4v) is 2.40. The summed E-state index contributed by atoms with van der Waals surface area (Å²) in [5.41, 5.74) is -0.0924. The van der Waals surface area contributed by atoms with Crippen LogP contribution in [0, 0.1) is 6.92 Å². The van der Waals surface area contributed by atoms with Crippen LogP contribution in [0.25, 0.3) is 0 Å². The number of hydrogen-bond acceptors (Lipinski definition) is 6. The zero-order chi connectivity index (χ0) is 22.5. The lowest BCUT2D eigenvalue weighted by Gasteiger charge is -2.15. The number of aromatic nitrogens is 2. The van der Waals surface area contributed by atoms with E-state index in [1.807, 2.05) is 0 Å². The van der Waals surface area contributed by atoms with Gasteiger partial charge < -0.3 is 15.2 Å². The lowest BCUT2D eigenvalue weighted by molar-refractivity contribution is -0.154. The van der Waals surface area contributed by atoms with E-state index in [2.05, 4.69) is 20.0 Å². The van der Waals surface area contributed by atoms with Gasteiger partial charge in [-0.15, -0.1) is 0 Å². The monoisotopic (exact) mass is 425 g/mol. The van der Waals surface area contributed by atoms with Crippen molar-refractivity contribution in [2.24, 2.45) is 0 Å². The quantitative estimate of drug-likeness (QED) is 0.674. The van der Waals surface area contributed by atoms with Crippen molar-refractivity contribution in [2.45, 2.75) is 45.5 Å². The Labute approximate surface area is 171 Å². The number of pyridine rings is 2. The third-order valence-electron chi connectivity index (χ3n) is 3.89. The summed E-state index contributed by atoms with van der Waals surface area (Å²) in [7, 11) is 0. The molecule has 0 atom stereocenters. The number of aryl methyl sites for hydroxylation is 1. The largest absolute Gasteiger partial charge is 0.468 e. The number of carbonyl (C=O) groups is 2.